The minimum atomic E-state index is 0.725. The van der Waals surface area contributed by atoms with Crippen LogP contribution in [0.5, 0.6) is 0 Å². The second-order valence-electron chi connectivity index (χ2n) is 4.83. The smallest absolute Gasteiger partial charge is 0.140 e. The molecule has 4 nitrogen and oxygen atoms in total. The summed E-state index contributed by atoms with van der Waals surface area (Å²) in [7, 11) is 0. The van der Waals surface area contributed by atoms with Crippen molar-refractivity contribution in [2.45, 2.75) is 26.2 Å². The molecule has 0 bridgehead atoms. The summed E-state index contributed by atoms with van der Waals surface area (Å²) in [6.07, 6.45) is 5.77. The van der Waals surface area contributed by atoms with Crippen molar-refractivity contribution in [3.05, 3.63) is 16.2 Å². The van der Waals surface area contributed by atoms with E-state index in [1.54, 1.807) is 6.20 Å². The highest BCUT2D eigenvalue weighted by molar-refractivity contribution is 9.10. The van der Waals surface area contributed by atoms with Gasteiger partial charge in [-0.3, -0.25) is 0 Å². The van der Waals surface area contributed by atoms with Crippen LogP contribution in [0.25, 0.3) is 0 Å². The van der Waals surface area contributed by atoms with Gasteiger partial charge in [0, 0.05) is 13.1 Å². The molecule has 0 radical (unpaired) electrons. The second kappa shape index (κ2) is 6.38. The Morgan fingerprint density at radius 3 is 2.83 bits per heavy atom. The number of anilines is 2. The van der Waals surface area contributed by atoms with Crippen molar-refractivity contribution in [1.29, 1.82) is 0 Å². The van der Waals surface area contributed by atoms with Crippen LogP contribution in [0.15, 0.2) is 10.7 Å². The fraction of sp³-hybridized carbons (Fsp3) is 0.615. The molecule has 2 heterocycles. The minimum Gasteiger partial charge on any atom is -0.397 e. The Balaban J connectivity index is 1.84. The molecule has 0 aromatic carbocycles. The number of nitrogens with one attached hydrogen (secondary N) is 1. The lowest BCUT2D eigenvalue weighted by atomic mass is 10.1. The predicted octanol–water partition coefficient (Wildman–Crippen LogP) is 2.63. The molecule has 18 heavy (non-hydrogen) atoms. The van der Waals surface area contributed by atoms with Gasteiger partial charge in [0.25, 0.3) is 0 Å². The molecule has 0 saturated carbocycles. The van der Waals surface area contributed by atoms with Crippen LogP contribution in [0.2, 0.25) is 0 Å². The predicted molar refractivity (Wildman–Crippen MR) is 79.9 cm³/mol. The van der Waals surface area contributed by atoms with Crippen molar-refractivity contribution in [3.63, 3.8) is 0 Å². The van der Waals surface area contributed by atoms with Gasteiger partial charge in [-0.25, -0.2) is 4.98 Å². The zero-order chi connectivity index (χ0) is 13.0. The first-order chi connectivity index (χ1) is 8.68. The first-order valence-corrected chi connectivity index (χ1v) is 7.34. The summed E-state index contributed by atoms with van der Waals surface area (Å²) in [6.45, 7) is 6.47. The van der Waals surface area contributed by atoms with Gasteiger partial charge in [-0.05, 0) is 54.3 Å². The van der Waals surface area contributed by atoms with Gasteiger partial charge in [0.15, 0.2) is 0 Å². The van der Waals surface area contributed by atoms with E-state index in [1.807, 2.05) is 6.92 Å². The Kier molecular flexibility index (Phi) is 4.83. The summed E-state index contributed by atoms with van der Waals surface area (Å²) in [5.74, 6) is 0.888. The van der Waals surface area contributed by atoms with Gasteiger partial charge in [-0.1, -0.05) is 6.42 Å². The van der Waals surface area contributed by atoms with Gasteiger partial charge in [0.05, 0.1) is 16.4 Å². The number of likely N-dealkylation sites (tertiary alicyclic amines) is 1. The molecule has 3 N–H and O–H groups in total. The molecular weight excluding hydrogens is 292 g/mol. The van der Waals surface area contributed by atoms with Crippen molar-refractivity contribution in [3.8, 4) is 0 Å². The lowest BCUT2D eigenvalue weighted by molar-refractivity contribution is 0.237. The third-order valence-electron chi connectivity index (χ3n) is 3.47. The van der Waals surface area contributed by atoms with Crippen molar-refractivity contribution in [2.75, 3.05) is 37.2 Å². The van der Waals surface area contributed by atoms with Gasteiger partial charge >= 0.3 is 0 Å². The zero-order valence-electron chi connectivity index (χ0n) is 10.9. The number of nitrogens with zero attached hydrogens (tertiary/aromatic N) is 2. The number of pyridine rings is 1. The maximum absolute atomic E-state index is 5.81. The van der Waals surface area contributed by atoms with Crippen molar-refractivity contribution in [2.24, 2.45) is 0 Å². The highest BCUT2D eigenvalue weighted by atomic mass is 79.9. The first-order valence-electron chi connectivity index (χ1n) is 6.55. The lowest BCUT2D eigenvalue weighted by Crippen LogP contribution is -2.33. The summed E-state index contributed by atoms with van der Waals surface area (Å²) in [5, 5.41) is 3.37. The molecule has 0 amide bonds. The van der Waals surface area contributed by atoms with E-state index >= 15 is 0 Å². The van der Waals surface area contributed by atoms with Crippen molar-refractivity contribution >= 4 is 27.4 Å². The van der Waals surface area contributed by atoms with Crippen LogP contribution in [0.4, 0.5) is 11.5 Å². The van der Waals surface area contributed by atoms with E-state index in [2.05, 4.69) is 31.1 Å². The molecule has 1 aromatic heterocycles. The molecule has 0 aliphatic carbocycles. The van der Waals surface area contributed by atoms with E-state index in [9.17, 15) is 0 Å². The van der Waals surface area contributed by atoms with Crippen LogP contribution in [0.3, 0.4) is 0 Å². The SMILES string of the molecule is Cc1c(N)cnc(NCCN2CCCCC2)c1Br. The minimum absolute atomic E-state index is 0.725. The fourth-order valence-corrected chi connectivity index (χ4v) is 2.70. The molecule has 100 valence electrons. The van der Waals surface area contributed by atoms with Gasteiger partial charge in [0.2, 0.25) is 0 Å². The molecular formula is C13H21BrN4. The Hall–Kier alpha value is -0.810. The number of hydrogen-bond donors (Lipinski definition) is 2. The van der Waals surface area contributed by atoms with Gasteiger partial charge < -0.3 is 16.0 Å². The molecule has 2 rings (SSSR count). The Bertz CT molecular complexity index is 402. The lowest BCUT2D eigenvalue weighted by Gasteiger charge is -2.26. The van der Waals surface area contributed by atoms with E-state index < -0.39 is 0 Å². The summed E-state index contributed by atoms with van der Waals surface area (Å²) >= 11 is 3.54. The van der Waals surface area contributed by atoms with Crippen LogP contribution in [-0.2, 0) is 0 Å². The zero-order valence-corrected chi connectivity index (χ0v) is 12.5. The second-order valence-corrected chi connectivity index (χ2v) is 5.62. The van der Waals surface area contributed by atoms with Gasteiger partial charge in [-0.15, -0.1) is 0 Å². The number of nitrogens with two attached hydrogens (primary N) is 1. The Morgan fingerprint density at radius 2 is 2.11 bits per heavy atom. The van der Waals surface area contributed by atoms with E-state index in [-0.39, 0.29) is 0 Å². The molecule has 5 heteroatoms. The van der Waals surface area contributed by atoms with Crippen LogP contribution < -0.4 is 11.1 Å². The summed E-state index contributed by atoms with van der Waals surface area (Å²) in [6, 6.07) is 0. The molecule has 1 aliphatic rings. The van der Waals surface area contributed by atoms with Crippen LogP contribution in [0.1, 0.15) is 24.8 Å². The standard InChI is InChI=1S/C13H21BrN4/c1-10-11(15)9-17-13(12(10)14)16-5-8-18-6-3-2-4-7-18/h9H,2-8,15H2,1H3,(H,16,17). The quantitative estimate of drug-likeness (QED) is 0.897. The third-order valence-corrected chi connectivity index (χ3v) is 4.44. The summed E-state index contributed by atoms with van der Waals surface area (Å²) in [5.41, 5.74) is 7.58. The average Bonchev–Trinajstić information content (AvgIpc) is 2.40. The highest BCUT2D eigenvalue weighted by Crippen LogP contribution is 2.27. The van der Waals surface area contributed by atoms with Crippen LogP contribution >= 0.6 is 15.9 Å². The number of hydrogen-bond acceptors (Lipinski definition) is 4. The average molecular weight is 313 g/mol. The summed E-state index contributed by atoms with van der Waals surface area (Å²) in [4.78, 5) is 6.83. The molecule has 1 fully saturated rings. The Morgan fingerprint density at radius 1 is 1.39 bits per heavy atom. The number of rotatable bonds is 4. The number of piperidine rings is 1. The molecule has 1 saturated heterocycles. The summed E-state index contributed by atoms with van der Waals surface area (Å²) < 4.78 is 0.973. The van der Waals surface area contributed by atoms with Crippen molar-refractivity contribution in [1.82, 2.24) is 9.88 Å². The topological polar surface area (TPSA) is 54.2 Å². The van der Waals surface area contributed by atoms with Gasteiger partial charge in [-0.2, -0.15) is 0 Å². The Labute approximate surface area is 117 Å². The van der Waals surface area contributed by atoms with E-state index in [4.69, 9.17) is 5.73 Å². The third kappa shape index (κ3) is 3.36. The molecule has 0 spiro atoms. The normalized spacial score (nSPS) is 16.8. The molecule has 1 aromatic rings. The van der Waals surface area contributed by atoms with E-state index in [0.717, 1.165) is 34.6 Å². The maximum atomic E-state index is 5.81. The van der Waals surface area contributed by atoms with E-state index in [0.29, 0.717) is 0 Å². The molecule has 0 unspecified atom stereocenters. The number of nitrogen functional groups attached to an aromatic ring is 1. The maximum Gasteiger partial charge on any atom is 0.140 e. The van der Waals surface area contributed by atoms with Crippen molar-refractivity contribution < 1.29 is 0 Å². The highest BCUT2D eigenvalue weighted by Gasteiger charge is 2.10. The van der Waals surface area contributed by atoms with Gasteiger partial charge in [0.1, 0.15) is 5.82 Å². The molecule has 0 atom stereocenters. The van der Waals surface area contributed by atoms with Crippen LogP contribution in [-0.4, -0.2) is 36.1 Å². The number of halogens is 1. The number of aromatic nitrogens is 1. The fourth-order valence-electron chi connectivity index (χ4n) is 2.23. The largest absolute Gasteiger partial charge is 0.397 e. The van der Waals surface area contributed by atoms with E-state index in [1.165, 1.54) is 32.4 Å². The van der Waals surface area contributed by atoms with Crippen LogP contribution in [0, 0.1) is 6.92 Å². The molecule has 1 aliphatic heterocycles. The monoisotopic (exact) mass is 312 g/mol. The first kappa shape index (κ1) is 13.6.